The molecule has 0 aliphatic rings. The lowest BCUT2D eigenvalue weighted by Gasteiger charge is -2.12. The molecular formula is C22H18ClN3O3S. The number of sulfonamides is 1. The van der Waals surface area contributed by atoms with E-state index in [9.17, 15) is 13.2 Å². The minimum atomic E-state index is -3.85. The van der Waals surface area contributed by atoms with E-state index in [0.29, 0.717) is 11.6 Å². The highest BCUT2D eigenvalue weighted by Crippen LogP contribution is 2.27. The topological polar surface area (TPSA) is 88.2 Å². The summed E-state index contributed by atoms with van der Waals surface area (Å²) in [6.07, 6.45) is 0. The van der Waals surface area contributed by atoms with Crippen LogP contribution in [-0.4, -0.2) is 19.3 Å². The van der Waals surface area contributed by atoms with Gasteiger partial charge in [0, 0.05) is 35.0 Å². The third kappa shape index (κ3) is 4.22. The maximum Gasteiger partial charge on any atom is 0.264 e. The molecule has 1 amide bonds. The average molecular weight is 440 g/mol. The lowest BCUT2D eigenvalue weighted by atomic mass is 10.1. The number of fused-ring (bicyclic) bond motifs is 2. The number of carbonyl (C=O) groups excluding carboxylic acids is 1. The fourth-order valence-corrected chi connectivity index (χ4v) is 4.48. The van der Waals surface area contributed by atoms with Gasteiger partial charge in [0.15, 0.2) is 0 Å². The standard InChI is InChI=1S/C22H18ClN3O3S/c1-14(27)26-30(28,29)19-8-6-18(7-9-19)24-13-16-10-17(23)12-22-20(16)11-15-4-2-3-5-21(15)25-22/h2-12,24H,13H2,1H3,(H,26,27). The molecule has 0 spiro atoms. The zero-order valence-electron chi connectivity index (χ0n) is 16.0. The van der Waals surface area contributed by atoms with Crippen LogP contribution >= 0.6 is 11.6 Å². The third-order valence-electron chi connectivity index (χ3n) is 4.61. The van der Waals surface area contributed by atoms with Crippen molar-refractivity contribution >= 4 is 55.0 Å². The molecule has 6 nitrogen and oxygen atoms in total. The minimum Gasteiger partial charge on any atom is -0.381 e. The van der Waals surface area contributed by atoms with Crippen molar-refractivity contribution < 1.29 is 13.2 Å². The van der Waals surface area contributed by atoms with Crippen LogP contribution in [-0.2, 0) is 21.4 Å². The highest BCUT2D eigenvalue weighted by atomic mass is 35.5. The summed E-state index contributed by atoms with van der Waals surface area (Å²) in [6.45, 7) is 1.63. The number of hydrogen-bond donors (Lipinski definition) is 2. The Morgan fingerprint density at radius 3 is 2.47 bits per heavy atom. The van der Waals surface area contributed by atoms with Gasteiger partial charge in [-0.05, 0) is 54.1 Å². The monoisotopic (exact) mass is 439 g/mol. The number of para-hydroxylation sites is 1. The maximum atomic E-state index is 12.1. The van der Waals surface area contributed by atoms with E-state index in [0.717, 1.165) is 40.0 Å². The van der Waals surface area contributed by atoms with E-state index >= 15 is 0 Å². The van der Waals surface area contributed by atoms with E-state index in [-0.39, 0.29) is 4.90 Å². The molecule has 30 heavy (non-hydrogen) atoms. The molecule has 0 aliphatic carbocycles. The summed E-state index contributed by atoms with van der Waals surface area (Å²) in [6, 6.07) is 19.9. The summed E-state index contributed by atoms with van der Waals surface area (Å²) < 4.78 is 26.0. The van der Waals surface area contributed by atoms with Gasteiger partial charge in [-0.15, -0.1) is 0 Å². The van der Waals surface area contributed by atoms with Crippen LogP contribution in [0.15, 0.2) is 71.6 Å². The lowest BCUT2D eigenvalue weighted by Crippen LogP contribution is -2.28. The molecule has 0 bridgehead atoms. The third-order valence-corrected chi connectivity index (χ3v) is 6.28. The normalized spacial score (nSPS) is 11.5. The van der Waals surface area contributed by atoms with Gasteiger partial charge in [0.2, 0.25) is 5.91 Å². The van der Waals surface area contributed by atoms with Crippen LogP contribution in [0.2, 0.25) is 5.02 Å². The number of carbonyl (C=O) groups is 1. The van der Waals surface area contributed by atoms with Crippen molar-refractivity contribution in [2.24, 2.45) is 0 Å². The molecule has 0 saturated heterocycles. The Kier molecular flexibility index (Phi) is 5.32. The molecule has 1 heterocycles. The van der Waals surface area contributed by atoms with Gasteiger partial charge in [-0.25, -0.2) is 18.1 Å². The summed E-state index contributed by atoms with van der Waals surface area (Å²) in [5.74, 6) is -0.633. The molecule has 0 radical (unpaired) electrons. The van der Waals surface area contributed by atoms with Crippen molar-refractivity contribution in [1.29, 1.82) is 0 Å². The molecule has 0 unspecified atom stereocenters. The van der Waals surface area contributed by atoms with Crippen LogP contribution in [0.1, 0.15) is 12.5 Å². The first kappa shape index (κ1) is 20.1. The predicted octanol–water partition coefficient (Wildman–Crippen LogP) is 4.48. The van der Waals surface area contributed by atoms with Crippen LogP contribution in [0, 0.1) is 0 Å². The van der Waals surface area contributed by atoms with Crippen LogP contribution in [0.25, 0.3) is 21.8 Å². The number of pyridine rings is 1. The van der Waals surface area contributed by atoms with Gasteiger partial charge in [0.05, 0.1) is 15.9 Å². The van der Waals surface area contributed by atoms with E-state index < -0.39 is 15.9 Å². The van der Waals surface area contributed by atoms with Crippen molar-refractivity contribution in [2.75, 3.05) is 5.32 Å². The summed E-state index contributed by atoms with van der Waals surface area (Å²) in [5.41, 5.74) is 3.43. The SMILES string of the molecule is CC(=O)NS(=O)(=O)c1ccc(NCc2cc(Cl)cc3nc4ccccc4cc23)cc1. The zero-order chi connectivity index (χ0) is 21.3. The van der Waals surface area contributed by atoms with Gasteiger partial charge >= 0.3 is 0 Å². The molecule has 3 aromatic carbocycles. The summed E-state index contributed by atoms with van der Waals surface area (Å²) in [7, 11) is -3.85. The highest BCUT2D eigenvalue weighted by Gasteiger charge is 2.15. The Morgan fingerprint density at radius 2 is 1.73 bits per heavy atom. The quantitative estimate of drug-likeness (QED) is 0.447. The van der Waals surface area contributed by atoms with Crippen molar-refractivity contribution in [3.63, 3.8) is 0 Å². The van der Waals surface area contributed by atoms with Crippen molar-refractivity contribution in [3.8, 4) is 0 Å². The Balaban J connectivity index is 1.60. The van der Waals surface area contributed by atoms with Crippen LogP contribution in [0.4, 0.5) is 5.69 Å². The minimum absolute atomic E-state index is 0.0205. The molecule has 4 aromatic rings. The fourth-order valence-electron chi connectivity index (χ4n) is 3.26. The van der Waals surface area contributed by atoms with Crippen molar-refractivity contribution in [3.05, 3.63) is 77.3 Å². The molecule has 0 fully saturated rings. The first-order valence-electron chi connectivity index (χ1n) is 9.17. The maximum absolute atomic E-state index is 12.1. The van der Waals surface area contributed by atoms with E-state index in [1.807, 2.05) is 41.1 Å². The second kappa shape index (κ2) is 7.93. The number of halogens is 1. The number of amides is 1. The zero-order valence-corrected chi connectivity index (χ0v) is 17.6. The molecule has 1 aromatic heterocycles. The van der Waals surface area contributed by atoms with Gasteiger partial charge in [-0.3, -0.25) is 4.79 Å². The largest absolute Gasteiger partial charge is 0.381 e. The summed E-state index contributed by atoms with van der Waals surface area (Å²) in [4.78, 5) is 15.8. The van der Waals surface area contributed by atoms with Crippen molar-refractivity contribution in [2.45, 2.75) is 18.4 Å². The smallest absolute Gasteiger partial charge is 0.264 e. The van der Waals surface area contributed by atoms with Gasteiger partial charge in [-0.1, -0.05) is 29.8 Å². The van der Waals surface area contributed by atoms with Crippen LogP contribution < -0.4 is 10.0 Å². The van der Waals surface area contributed by atoms with E-state index in [1.165, 1.54) is 12.1 Å². The Morgan fingerprint density at radius 1 is 1.00 bits per heavy atom. The van der Waals surface area contributed by atoms with Gasteiger partial charge in [0.25, 0.3) is 10.0 Å². The molecule has 0 aliphatic heterocycles. The van der Waals surface area contributed by atoms with Gasteiger partial charge in [0.1, 0.15) is 0 Å². The number of rotatable bonds is 5. The highest BCUT2D eigenvalue weighted by molar-refractivity contribution is 7.90. The number of nitrogens with one attached hydrogen (secondary N) is 2. The molecule has 0 saturated carbocycles. The van der Waals surface area contributed by atoms with E-state index in [4.69, 9.17) is 16.6 Å². The summed E-state index contributed by atoms with van der Waals surface area (Å²) >= 11 is 6.30. The molecule has 8 heteroatoms. The van der Waals surface area contributed by atoms with Crippen LogP contribution in [0.5, 0.6) is 0 Å². The first-order chi connectivity index (χ1) is 14.3. The van der Waals surface area contributed by atoms with Crippen molar-refractivity contribution in [1.82, 2.24) is 9.71 Å². The number of anilines is 1. The number of nitrogens with zero attached hydrogens (tertiary/aromatic N) is 1. The molecule has 152 valence electrons. The van der Waals surface area contributed by atoms with Gasteiger partial charge in [-0.2, -0.15) is 0 Å². The van der Waals surface area contributed by atoms with E-state index in [1.54, 1.807) is 12.1 Å². The number of aromatic nitrogens is 1. The molecule has 0 atom stereocenters. The van der Waals surface area contributed by atoms with Crippen LogP contribution in [0.3, 0.4) is 0 Å². The number of benzene rings is 3. The molecule has 4 rings (SSSR count). The Hall–Kier alpha value is -3.16. The van der Waals surface area contributed by atoms with Gasteiger partial charge < -0.3 is 5.32 Å². The number of hydrogen-bond acceptors (Lipinski definition) is 5. The Bertz CT molecular complexity index is 1370. The second-order valence-electron chi connectivity index (χ2n) is 6.85. The summed E-state index contributed by atoms with van der Waals surface area (Å²) in [5, 5.41) is 5.91. The van der Waals surface area contributed by atoms with E-state index in [2.05, 4.69) is 11.4 Å². The molecular weight excluding hydrogens is 422 g/mol. The average Bonchev–Trinajstić information content (AvgIpc) is 2.70. The first-order valence-corrected chi connectivity index (χ1v) is 11.0. The predicted molar refractivity (Wildman–Crippen MR) is 119 cm³/mol. The fraction of sp³-hybridized carbons (Fsp3) is 0.0909. The Labute approximate surface area is 178 Å². The lowest BCUT2D eigenvalue weighted by molar-refractivity contribution is -0.117. The molecule has 2 N–H and O–H groups in total. The second-order valence-corrected chi connectivity index (χ2v) is 8.97.